The van der Waals surface area contributed by atoms with E-state index < -0.39 is 0 Å². The van der Waals surface area contributed by atoms with Gasteiger partial charge in [0, 0.05) is 0 Å². The molecule has 1 nitrogen and oxygen atoms in total. The van der Waals surface area contributed by atoms with Gasteiger partial charge < -0.3 is 0 Å². The second-order valence-corrected chi connectivity index (χ2v) is 3.52. The van der Waals surface area contributed by atoms with E-state index in [1.807, 2.05) is 26.8 Å². The molecule has 0 saturated heterocycles. The van der Waals surface area contributed by atoms with Gasteiger partial charge in [-0.15, -0.1) is 11.3 Å². The molecule has 1 aromatic heterocycles. The van der Waals surface area contributed by atoms with Crippen molar-refractivity contribution < 1.29 is 4.39 Å². The number of thiazole rings is 1. The van der Waals surface area contributed by atoms with Crippen molar-refractivity contribution in [2.24, 2.45) is 0 Å². The molecule has 70 valence electrons. The van der Waals surface area contributed by atoms with E-state index in [2.05, 4.69) is 4.98 Å². The number of hydrogen-bond donors (Lipinski definition) is 0. The van der Waals surface area contributed by atoms with Crippen LogP contribution in [-0.4, -0.2) is 4.98 Å². The summed E-state index contributed by atoms with van der Waals surface area (Å²) in [5.74, 6) is -0.173. The molecule has 0 unspecified atom stereocenters. The quantitative estimate of drug-likeness (QED) is 0.626. The highest BCUT2D eigenvalue weighted by atomic mass is 32.1. The fourth-order valence-corrected chi connectivity index (χ4v) is 1.85. The fourth-order valence-electron chi connectivity index (χ4n) is 1.03. The molecule has 1 heterocycles. The van der Waals surface area contributed by atoms with E-state index in [1.165, 1.54) is 17.4 Å². The number of rotatable bonds is 0. The van der Waals surface area contributed by atoms with Gasteiger partial charge in [0.15, 0.2) is 0 Å². The van der Waals surface area contributed by atoms with Gasteiger partial charge in [0.25, 0.3) is 0 Å². The Balaban J connectivity index is 0.000000396. The van der Waals surface area contributed by atoms with Crippen LogP contribution in [0, 0.1) is 12.7 Å². The second-order valence-electron chi connectivity index (χ2n) is 2.32. The van der Waals surface area contributed by atoms with Crippen LogP contribution in [0.2, 0.25) is 0 Å². The Morgan fingerprint density at radius 1 is 1.31 bits per heavy atom. The number of aryl methyl sites for hydroxylation is 1. The third-order valence-electron chi connectivity index (χ3n) is 1.47. The van der Waals surface area contributed by atoms with Crippen LogP contribution in [0.5, 0.6) is 0 Å². The molecule has 13 heavy (non-hydrogen) atoms. The van der Waals surface area contributed by atoms with Crippen molar-refractivity contribution in [3.8, 4) is 0 Å². The SMILES string of the molecule is CC.Cc1nc2cccc(F)c2s1. The number of benzene rings is 1. The maximum atomic E-state index is 13.0. The van der Waals surface area contributed by atoms with Gasteiger partial charge >= 0.3 is 0 Å². The summed E-state index contributed by atoms with van der Waals surface area (Å²) in [4.78, 5) is 4.15. The summed E-state index contributed by atoms with van der Waals surface area (Å²) >= 11 is 1.39. The molecule has 0 bridgehead atoms. The third-order valence-corrected chi connectivity index (χ3v) is 2.47. The summed E-state index contributed by atoms with van der Waals surface area (Å²) < 4.78 is 13.6. The lowest BCUT2D eigenvalue weighted by molar-refractivity contribution is 0.641. The molecule has 2 rings (SSSR count). The highest BCUT2D eigenvalue weighted by Gasteiger charge is 2.03. The fraction of sp³-hybridized carbons (Fsp3) is 0.300. The van der Waals surface area contributed by atoms with E-state index in [9.17, 15) is 4.39 Å². The minimum Gasteiger partial charge on any atom is -0.241 e. The molecule has 0 radical (unpaired) electrons. The van der Waals surface area contributed by atoms with Crippen LogP contribution in [0.25, 0.3) is 10.2 Å². The molecule has 0 saturated carbocycles. The second kappa shape index (κ2) is 4.33. The summed E-state index contributed by atoms with van der Waals surface area (Å²) in [6.45, 7) is 5.88. The zero-order chi connectivity index (χ0) is 9.84. The van der Waals surface area contributed by atoms with Crippen molar-refractivity contribution in [1.82, 2.24) is 4.98 Å². The molecule has 0 aliphatic rings. The van der Waals surface area contributed by atoms with Gasteiger partial charge in [-0.3, -0.25) is 0 Å². The molecule has 0 spiro atoms. The van der Waals surface area contributed by atoms with Crippen LogP contribution in [0.1, 0.15) is 18.9 Å². The number of halogens is 1. The largest absolute Gasteiger partial charge is 0.241 e. The topological polar surface area (TPSA) is 12.9 Å². The molecule has 0 fully saturated rings. The lowest BCUT2D eigenvalue weighted by atomic mass is 10.3. The highest BCUT2D eigenvalue weighted by Crippen LogP contribution is 2.23. The Morgan fingerprint density at radius 3 is 2.62 bits per heavy atom. The van der Waals surface area contributed by atoms with E-state index >= 15 is 0 Å². The first-order valence-corrected chi connectivity index (χ1v) is 5.10. The van der Waals surface area contributed by atoms with Gasteiger partial charge in [0.2, 0.25) is 0 Å². The Labute approximate surface area is 81.2 Å². The molecule has 0 aliphatic heterocycles. The number of fused-ring (bicyclic) bond motifs is 1. The van der Waals surface area contributed by atoms with Gasteiger partial charge in [-0.2, -0.15) is 0 Å². The summed E-state index contributed by atoms with van der Waals surface area (Å²) in [5, 5.41) is 0.908. The normalized spacial score (nSPS) is 9.54. The molecule has 0 N–H and O–H groups in total. The number of aromatic nitrogens is 1. The molecule has 3 heteroatoms. The van der Waals surface area contributed by atoms with Crippen LogP contribution in [-0.2, 0) is 0 Å². The lowest BCUT2D eigenvalue weighted by Gasteiger charge is -1.86. The van der Waals surface area contributed by atoms with E-state index in [1.54, 1.807) is 6.07 Å². The van der Waals surface area contributed by atoms with E-state index in [-0.39, 0.29) is 5.82 Å². The molecule has 0 atom stereocenters. The highest BCUT2D eigenvalue weighted by molar-refractivity contribution is 7.18. The van der Waals surface area contributed by atoms with Gasteiger partial charge in [-0.05, 0) is 19.1 Å². The molecule has 0 aliphatic carbocycles. The van der Waals surface area contributed by atoms with E-state index in [0.717, 1.165) is 10.5 Å². The standard InChI is InChI=1S/C8H6FNS.C2H6/c1-5-10-7-4-2-3-6(9)8(7)11-5;1-2/h2-4H,1H3;1-2H3. The number of hydrogen-bond acceptors (Lipinski definition) is 2. The average molecular weight is 197 g/mol. The molecule has 2 aromatic rings. The van der Waals surface area contributed by atoms with Crippen molar-refractivity contribution in [3.05, 3.63) is 29.0 Å². The summed E-state index contributed by atoms with van der Waals surface area (Å²) in [7, 11) is 0. The van der Waals surface area contributed by atoms with Crippen LogP contribution in [0.15, 0.2) is 18.2 Å². The van der Waals surface area contributed by atoms with Crippen LogP contribution in [0.4, 0.5) is 4.39 Å². The maximum Gasteiger partial charge on any atom is 0.142 e. The van der Waals surface area contributed by atoms with Gasteiger partial charge in [-0.1, -0.05) is 19.9 Å². The Kier molecular flexibility index (Phi) is 3.37. The maximum absolute atomic E-state index is 13.0. The van der Waals surface area contributed by atoms with Crippen LogP contribution >= 0.6 is 11.3 Å². The monoisotopic (exact) mass is 197 g/mol. The Hall–Kier alpha value is -0.960. The predicted molar refractivity (Wildman–Crippen MR) is 55.7 cm³/mol. The van der Waals surface area contributed by atoms with E-state index in [4.69, 9.17) is 0 Å². The Bertz CT molecular complexity index is 395. The molecular formula is C10H12FNS. The molecular weight excluding hydrogens is 185 g/mol. The first-order valence-electron chi connectivity index (χ1n) is 4.29. The van der Waals surface area contributed by atoms with Crippen molar-refractivity contribution in [1.29, 1.82) is 0 Å². The molecule has 1 aromatic carbocycles. The van der Waals surface area contributed by atoms with Crippen molar-refractivity contribution >= 4 is 21.6 Å². The third kappa shape index (κ3) is 2.04. The van der Waals surface area contributed by atoms with Gasteiger partial charge in [0.05, 0.1) is 15.2 Å². The number of nitrogens with zero attached hydrogens (tertiary/aromatic N) is 1. The predicted octanol–water partition coefficient (Wildman–Crippen LogP) is 3.77. The lowest BCUT2D eigenvalue weighted by Crippen LogP contribution is -1.72. The van der Waals surface area contributed by atoms with Crippen molar-refractivity contribution in [2.45, 2.75) is 20.8 Å². The zero-order valence-corrected chi connectivity index (χ0v) is 8.78. The summed E-state index contributed by atoms with van der Waals surface area (Å²) in [5.41, 5.74) is 0.757. The average Bonchev–Trinajstić information content (AvgIpc) is 2.51. The summed E-state index contributed by atoms with van der Waals surface area (Å²) in [6.07, 6.45) is 0. The molecule has 0 amide bonds. The van der Waals surface area contributed by atoms with Crippen molar-refractivity contribution in [2.75, 3.05) is 0 Å². The van der Waals surface area contributed by atoms with Gasteiger partial charge in [-0.25, -0.2) is 9.37 Å². The first kappa shape index (κ1) is 10.1. The minimum absolute atomic E-state index is 0.173. The Morgan fingerprint density at radius 2 is 2.00 bits per heavy atom. The summed E-state index contributed by atoms with van der Waals surface area (Å²) in [6, 6.07) is 4.96. The van der Waals surface area contributed by atoms with Crippen molar-refractivity contribution in [3.63, 3.8) is 0 Å². The van der Waals surface area contributed by atoms with Crippen LogP contribution in [0.3, 0.4) is 0 Å². The van der Waals surface area contributed by atoms with E-state index in [0.29, 0.717) is 4.70 Å². The first-order chi connectivity index (χ1) is 6.27. The van der Waals surface area contributed by atoms with Crippen LogP contribution < -0.4 is 0 Å². The minimum atomic E-state index is -0.173. The zero-order valence-electron chi connectivity index (χ0n) is 7.97. The smallest absolute Gasteiger partial charge is 0.142 e. The van der Waals surface area contributed by atoms with Gasteiger partial charge in [0.1, 0.15) is 5.82 Å².